The second-order valence-electron chi connectivity index (χ2n) is 5.65. The summed E-state index contributed by atoms with van der Waals surface area (Å²) in [6.45, 7) is 1.45. The van der Waals surface area contributed by atoms with Crippen LogP contribution in [-0.4, -0.2) is 35.5 Å². The van der Waals surface area contributed by atoms with Crippen molar-refractivity contribution in [3.8, 4) is 11.5 Å². The van der Waals surface area contributed by atoms with Crippen LogP contribution in [0.15, 0.2) is 36.9 Å². The molecule has 0 N–H and O–H groups in total. The third-order valence-corrected chi connectivity index (χ3v) is 4.30. The minimum atomic E-state index is 0.251. The molecule has 1 aromatic carbocycles. The quantitative estimate of drug-likeness (QED) is 0.775. The second-order valence-corrected chi connectivity index (χ2v) is 6.06. The van der Waals surface area contributed by atoms with Crippen molar-refractivity contribution in [1.82, 2.24) is 9.55 Å². The zero-order valence-corrected chi connectivity index (χ0v) is 13.9. The van der Waals surface area contributed by atoms with Crippen molar-refractivity contribution in [1.29, 1.82) is 0 Å². The Balaban J connectivity index is 1.41. The van der Waals surface area contributed by atoms with Crippen LogP contribution in [0.25, 0.3) is 0 Å². The van der Waals surface area contributed by atoms with Crippen LogP contribution >= 0.6 is 11.6 Å². The van der Waals surface area contributed by atoms with E-state index in [9.17, 15) is 0 Å². The van der Waals surface area contributed by atoms with Crippen LogP contribution in [0.1, 0.15) is 19.3 Å². The molecule has 5 nitrogen and oxygen atoms in total. The van der Waals surface area contributed by atoms with E-state index < -0.39 is 0 Å². The highest BCUT2D eigenvalue weighted by molar-refractivity contribution is 6.32. The van der Waals surface area contributed by atoms with Gasteiger partial charge in [0, 0.05) is 31.4 Å². The van der Waals surface area contributed by atoms with Crippen LogP contribution in [0.4, 0.5) is 0 Å². The normalized spacial score (nSPS) is 20.6. The molecule has 1 fully saturated rings. The predicted octanol–water partition coefficient (Wildman–Crippen LogP) is 3.56. The average Bonchev–Trinajstić information content (AvgIpc) is 3.21. The van der Waals surface area contributed by atoms with Crippen LogP contribution in [0.3, 0.4) is 0 Å². The van der Waals surface area contributed by atoms with E-state index in [-0.39, 0.29) is 12.2 Å². The molecule has 1 aromatic heterocycles. The lowest BCUT2D eigenvalue weighted by Gasteiger charge is -2.15. The molecule has 0 saturated carbocycles. The molecule has 23 heavy (non-hydrogen) atoms. The highest BCUT2D eigenvalue weighted by atomic mass is 35.5. The van der Waals surface area contributed by atoms with E-state index in [1.165, 1.54) is 0 Å². The Labute approximate surface area is 141 Å². The second kappa shape index (κ2) is 7.70. The first-order chi connectivity index (χ1) is 11.2. The largest absolute Gasteiger partial charge is 0.497 e. The van der Waals surface area contributed by atoms with E-state index in [2.05, 4.69) is 9.55 Å². The van der Waals surface area contributed by atoms with Crippen molar-refractivity contribution in [3.63, 3.8) is 0 Å². The summed E-state index contributed by atoms with van der Waals surface area (Å²) in [7, 11) is 1.61. The predicted molar refractivity (Wildman–Crippen MR) is 88.2 cm³/mol. The first kappa shape index (κ1) is 16.1. The van der Waals surface area contributed by atoms with Crippen molar-refractivity contribution in [2.45, 2.75) is 38.0 Å². The Kier molecular flexibility index (Phi) is 5.41. The van der Waals surface area contributed by atoms with Gasteiger partial charge < -0.3 is 18.8 Å². The first-order valence-corrected chi connectivity index (χ1v) is 8.20. The summed E-state index contributed by atoms with van der Waals surface area (Å²) in [6.07, 6.45) is 9.10. The van der Waals surface area contributed by atoms with E-state index in [1.807, 2.05) is 24.7 Å². The molecule has 1 aliphatic rings. The molecule has 0 aliphatic carbocycles. The van der Waals surface area contributed by atoms with Crippen LogP contribution in [0, 0.1) is 0 Å². The molecule has 1 saturated heterocycles. The van der Waals surface area contributed by atoms with E-state index >= 15 is 0 Å². The van der Waals surface area contributed by atoms with E-state index in [1.54, 1.807) is 19.4 Å². The highest BCUT2D eigenvalue weighted by Gasteiger charge is 2.25. The number of nitrogens with zero attached hydrogens (tertiary/aromatic N) is 2. The van der Waals surface area contributed by atoms with Gasteiger partial charge in [-0.15, -0.1) is 0 Å². The minimum Gasteiger partial charge on any atom is -0.497 e. The number of rotatable bonds is 7. The SMILES string of the molecule is COc1ccc(OCC[C@@H]2CC[C@@H](Cn3ccnc3)O2)c(Cl)c1. The monoisotopic (exact) mass is 336 g/mol. The maximum absolute atomic E-state index is 6.16. The summed E-state index contributed by atoms with van der Waals surface area (Å²) >= 11 is 6.16. The van der Waals surface area contributed by atoms with Gasteiger partial charge in [-0.25, -0.2) is 4.98 Å². The van der Waals surface area contributed by atoms with Gasteiger partial charge in [0.05, 0.1) is 37.3 Å². The smallest absolute Gasteiger partial charge is 0.138 e. The van der Waals surface area contributed by atoms with Gasteiger partial charge in [0.25, 0.3) is 0 Å². The molecular weight excluding hydrogens is 316 g/mol. The molecule has 0 amide bonds. The number of ether oxygens (including phenoxy) is 3. The number of imidazole rings is 1. The number of hydrogen-bond donors (Lipinski definition) is 0. The van der Waals surface area contributed by atoms with Crippen LogP contribution in [0.2, 0.25) is 5.02 Å². The van der Waals surface area contributed by atoms with Crippen molar-refractivity contribution in [2.75, 3.05) is 13.7 Å². The Bertz CT molecular complexity index is 618. The molecule has 0 spiro atoms. The fraction of sp³-hybridized carbons (Fsp3) is 0.471. The van der Waals surface area contributed by atoms with Gasteiger partial charge in [0.1, 0.15) is 11.5 Å². The summed E-state index contributed by atoms with van der Waals surface area (Å²) in [5.74, 6) is 1.41. The molecule has 0 unspecified atom stereocenters. The summed E-state index contributed by atoms with van der Waals surface area (Å²) in [5.41, 5.74) is 0. The Morgan fingerprint density at radius 3 is 2.96 bits per heavy atom. The highest BCUT2D eigenvalue weighted by Crippen LogP contribution is 2.29. The zero-order valence-electron chi connectivity index (χ0n) is 13.2. The van der Waals surface area contributed by atoms with Crippen LogP contribution in [0.5, 0.6) is 11.5 Å². The number of halogens is 1. The molecule has 2 atom stereocenters. The molecule has 124 valence electrons. The van der Waals surface area contributed by atoms with Crippen molar-refractivity contribution < 1.29 is 14.2 Å². The van der Waals surface area contributed by atoms with Gasteiger partial charge >= 0.3 is 0 Å². The molecular formula is C17H21ClN2O3. The first-order valence-electron chi connectivity index (χ1n) is 7.82. The van der Waals surface area contributed by atoms with Crippen LogP contribution in [-0.2, 0) is 11.3 Å². The number of hydrogen-bond acceptors (Lipinski definition) is 4. The molecule has 0 bridgehead atoms. The number of aromatic nitrogens is 2. The summed E-state index contributed by atoms with van der Waals surface area (Å²) in [6, 6.07) is 5.43. The van der Waals surface area contributed by atoms with Crippen molar-refractivity contribution >= 4 is 11.6 Å². The van der Waals surface area contributed by atoms with Crippen molar-refractivity contribution in [2.24, 2.45) is 0 Å². The van der Waals surface area contributed by atoms with Gasteiger partial charge in [-0.1, -0.05) is 11.6 Å². The third kappa shape index (κ3) is 4.39. The molecule has 2 heterocycles. The fourth-order valence-corrected chi connectivity index (χ4v) is 3.01. The topological polar surface area (TPSA) is 45.5 Å². The maximum atomic E-state index is 6.16. The van der Waals surface area contributed by atoms with Gasteiger partial charge in [0.15, 0.2) is 0 Å². The van der Waals surface area contributed by atoms with Crippen LogP contribution < -0.4 is 9.47 Å². The number of methoxy groups -OCH3 is 1. The summed E-state index contributed by atoms with van der Waals surface area (Å²) in [5, 5.41) is 0.565. The Hall–Kier alpha value is -1.72. The standard InChI is InChI=1S/C17H21ClN2O3/c1-21-14-4-5-17(16(18)10-14)22-9-6-13-2-3-15(23-13)11-20-8-7-19-12-20/h4-5,7-8,10,12-13,15H,2-3,6,9,11H2,1H3/t13-,15-/m0/s1. The van der Waals surface area contributed by atoms with Gasteiger partial charge in [-0.05, 0) is 25.0 Å². The molecule has 2 aromatic rings. The van der Waals surface area contributed by atoms with E-state index in [0.717, 1.165) is 31.6 Å². The average molecular weight is 337 g/mol. The lowest BCUT2D eigenvalue weighted by Crippen LogP contribution is -2.18. The lowest BCUT2D eigenvalue weighted by atomic mass is 10.1. The van der Waals surface area contributed by atoms with E-state index in [4.69, 9.17) is 25.8 Å². The minimum absolute atomic E-state index is 0.251. The summed E-state index contributed by atoms with van der Waals surface area (Å²) in [4.78, 5) is 4.05. The Morgan fingerprint density at radius 1 is 1.35 bits per heavy atom. The molecule has 0 radical (unpaired) electrons. The lowest BCUT2D eigenvalue weighted by molar-refractivity contribution is 0.0247. The van der Waals surface area contributed by atoms with Gasteiger partial charge in [-0.3, -0.25) is 0 Å². The van der Waals surface area contributed by atoms with Crippen molar-refractivity contribution in [3.05, 3.63) is 41.9 Å². The number of benzene rings is 1. The summed E-state index contributed by atoms with van der Waals surface area (Å²) < 4.78 is 19.0. The van der Waals surface area contributed by atoms with Gasteiger partial charge in [-0.2, -0.15) is 0 Å². The molecule has 1 aliphatic heterocycles. The van der Waals surface area contributed by atoms with E-state index in [0.29, 0.717) is 17.4 Å². The Morgan fingerprint density at radius 2 is 2.22 bits per heavy atom. The fourth-order valence-electron chi connectivity index (χ4n) is 2.78. The zero-order chi connectivity index (χ0) is 16.1. The molecule has 6 heteroatoms. The maximum Gasteiger partial charge on any atom is 0.138 e. The molecule has 3 rings (SSSR count). The van der Waals surface area contributed by atoms with Gasteiger partial charge in [0.2, 0.25) is 0 Å². The third-order valence-electron chi connectivity index (χ3n) is 4.01.